The number of nitrogens with one attached hydrogen (secondary N) is 1. The van der Waals surface area contributed by atoms with Crippen molar-refractivity contribution in [3.05, 3.63) is 22.8 Å². The fraction of sp³-hybridized carbons (Fsp3) is 0.562. The Morgan fingerprint density at radius 1 is 1.43 bits per heavy atom. The van der Waals surface area contributed by atoms with Crippen molar-refractivity contribution in [1.29, 1.82) is 5.26 Å². The summed E-state index contributed by atoms with van der Waals surface area (Å²) < 4.78 is 5.27. The summed E-state index contributed by atoms with van der Waals surface area (Å²) >= 11 is 5.90. The Bertz CT molecular complexity index is 613. The maximum Gasteiger partial charge on any atom is 0.407 e. The Morgan fingerprint density at radius 2 is 2.09 bits per heavy atom. The van der Waals surface area contributed by atoms with E-state index in [1.54, 1.807) is 6.07 Å². The molecular formula is C16H21ClN4O2. The van der Waals surface area contributed by atoms with Crippen LogP contribution in [0.4, 0.5) is 10.6 Å². The van der Waals surface area contributed by atoms with Crippen LogP contribution in [0.2, 0.25) is 5.02 Å². The van der Waals surface area contributed by atoms with Gasteiger partial charge in [-0.2, -0.15) is 5.26 Å². The molecule has 1 saturated heterocycles. The van der Waals surface area contributed by atoms with Crippen LogP contribution in [0.1, 0.15) is 39.3 Å². The number of carbonyl (C=O) groups is 1. The maximum absolute atomic E-state index is 11.8. The second-order valence-corrected chi connectivity index (χ2v) is 6.93. The Hall–Kier alpha value is -2.00. The maximum atomic E-state index is 11.8. The molecule has 0 aliphatic carbocycles. The second-order valence-electron chi connectivity index (χ2n) is 6.52. The summed E-state index contributed by atoms with van der Waals surface area (Å²) in [5.41, 5.74) is -0.260. The molecule has 2 heterocycles. The fourth-order valence-corrected chi connectivity index (χ4v) is 2.56. The number of amides is 1. The number of nitriles is 1. The van der Waals surface area contributed by atoms with Crippen LogP contribution in [0.5, 0.6) is 0 Å². The van der Waals surface area contributed by atoms with Crippen LogP contribution < -0.4 is 10.2 Å². The first-order chi connectivity index (χ1) is 10.8. The molecule has 0 radical (unpaired) electrons. The number of piperidine rings is 1. The third-order valence-electron chi connectivity index (χ3n) is 3.48. The van der Waals surface area contributed by atoms with Crippen LogP contribution in [0, 0.1) is 11.3 Å². The van der Waals surface area contributed by atoms with Crippen LogP contribution in [0.15, 0.2) is 12.1 Å². The van der Waals surface area contributed by atoms with Gasteiger partial charge < -0.3 is 15.0 Å². The summed E-state index contributed by atoms with van der Waals surface area (Å²) in [5, 5.41) is 12.3. The minimum absolute atomic E-state index is 0.0869. The molecule has 1 fully saturated rings. The molecule has 0 spiro atoms. The molecule has 1 aromatic rings. The number of rotatable bonds is 2. The monoisotopic (exact) mass is 336 g/mol. The minimum atomic E-state index is -0.494. The zero-order valence-corrected chi connectivity index (χ0v) is 14.4. The topological polar surface area (TPSA) is 78.2 Å². The first-order valence-corrected chi connectivity index (χ1v) is 7.97. The van der Waals surface area contributed by atoms with Crippen molar-refractivity contribution < 1.29 is 9.53 Å². The number of aromatic nitrogens is 1. The number of halogens is 1. The molecule has 23 heavy (non-hydrogen) atoms. The molecule has 1 aliphatic rings. The van der Waals surface area contributed by atoms with Gasteiger partial charge in [0.15, 0.2) is 5.69 Å². The van der Waals surface area contributed by atoms with E-state index in [2.05, 4.69) is 15.2 Å². The van der Waals surface area contributed by atoms with Gasteiger partial charge in [0.1, 0.15) is 17.5 Å². The van der Waals surface area contributed by atoms with Gasteiger partial charge in [0.25, 0.3) is 0 Å². The van der Waals surface area contributed by atoms with E-state index in [0.29, 0.717) is 5.02 Å². The standard InChI is InChI=1S/C16H21ClN4O2/c1-16(2,3)23-15(22)19-11-6-8-21(9-7-11)14-5-4-12(17)13(10-18)20-14/h4-5,11H,6-9H2,1-3H3,(H,19,22). The lowest BCUT2D eigenvalue weighted by molar-refractivity contribution is 0.0497. The molecule has 0 saturated carbocycles. The highest BCUT2D eigenvalue weighted by Gasteiger charge is 2.24. The summed E-state index contributed by atoms with van der Waals surface area (Å²) in [4.78, 5) is 18.1. The predicted octanol–water partition coefficient (Wildman–Crippen LogP) is 3.10. The first kappa shape index (κ1) is 17.4. The number of hydrogen-bond acceptors (Lipinski definition) is 5. The number of anilines is 1. The molecule has 0 aromatic carbocycles. The van der Waals surface area contributed by atoms with Gasteiger partial charge in [-0.05, 0) is 45.7 Å². The highest BCUT2D eigenvalue weighted by Crippen LogP contribution is 2.22. The van der Waals surface area contributed by atoms with Crippen LogP contribution in [0.25, 0.3) is 0 Å². The van der Waals surface area contributed by atoms with Crippen LogP contribution >= 0.6 is 11.6 Å². The van der Waals surface area contributed by atoms with Gasteiger partial charge in [-0.15, -0.1) is 0 Å². The Labute approximate surface area is 141 Å². The predicted molar refractivity (Wildman–Crippen MR) is 88.6 cm³/mol. The lowest BCUT2D eigenvalue weighted by atomic mass is 10.1. The molecule has 0 unspecified atom stereocenters. The van der Waals surface area contributed by atoms with Crippen molar-refractivity contribution in [1.82, 2.24) is 10.3 Å². The van der Waals surface area contributed by atoms with Gasteiger partial charge in [0.05, 0.1) is 5.02 Å². The van der Waals surface area contributed by atoms with E-state index in [-0.39, 0.29) is 17.8 Å². The molecule has 1 aromatic heterocycles. The van der Waals surface area contributed by atoms with Crippen LogP contribution in [-0.4, -0.2) is 35.8 Å². The lowest BCUT2D eigenvalue weighted by Gasteiger charge is -2.33. The van der Waals surface area contributed by atoms with Gasteiger partial charge in [-0.25, -0.2) is 9.78 Å². The van der Waals surface area contributed by atoms with Gasteiger partial charge >= 0.3 is 6.09 Å². The summed E-state index contributed by atoms with van der Waals surface area (Å²) in [5.74, 6) is 0.738. The average molecular weight is 337 g/mol. The third-order valence-corrected chi connectivity index (χ3v) is 3.78. The van der Waals surface area contributed by atoms with E-state index in [0.717, 1.165) is 31.7 Å². The van der Waals surface area contributed by atoms with E-state index in [4.69, 9.17) is 21.6 Å². The number of nitrogens with zero attached hydrogens (tertiary/aromatic N) is 3. The van der Waals surface area contributed by atoms with E-state index >= 15 is 0 Å². The van der Waals surface area contributed by atoms with E-state index < -0.39 is 5.60 Å². The Kier molecular flexibility index (Phi) is 5.32. The fourth-order valence-electron chi connectivity index (χ4n) is 2.41. The highest BCUT2D eigenvalue weighted by atomic mass is 35.5. The Balaban J connectivity index is 1.89. The smallest absolute Gasteiger partial charge is 0.407 e. The molecule has 2 rings (SSSR count). The average Bonchev–Trinajstić information content (AvgIpc) is 2.46. The summed E-state index contributed by atoms with van der Waals surface area (Å²) in [6.45, 7) is 7.02. The second kappa shape index (κ2) is 7.05. The van der Waals surface area contributed by atoms with Crippen molar-refractivity contribution >= 4 is 23.5 Å². The largest absolute Gasteiger partial charge is 0.444 e. The van der Waals surface area contributed by atoms with Crippen molar-refractivity contribution in [2.24, 2.45) is 0 Å². The van der Waals surface area contributed by atoms with E-state index in [1.807, 2.05) is 32.9 Å². The molecule has 0 bridgehead atoms. The zero-order valence-electron chi connectivity index (χ0n) is 13.6. The number of hydrogen-bond donors (Lipinski definition) is 1. The number of pyridine rings is 1. The van der Waals surface area contributed by atoms with Crippen molar-refractivity contribution in [3.8, 4) is 6.07 Å². The normalized spacial score (nSPS) is 15.9. The lowest BCUT2D eigenvalue weighted by Crippen LogP contribution is -2.46. The Morgan fingerprint density at radius 3 is 2.65 bits per heavy atom. The van der Waals surface area contributed by atoms with Gasteiger partial charge in [-0.1, -0.05) is 11.6 Å². The van der Waals surface area contributed by atoms with Crippen molar-refractivity contribution in [2.75, 3.05) is 18.0 Å². The number of alkyl carbamates (subject to hydrolysis) is 1. The minimum Gasteiger partial charge on any atom is -0.444 e. The number of ether oxygens (including phenoxy) is 1. The number of carbonyl (C=O) groups excluding carboxylic acids is 1. The van der Waals surface area contributed by atoms with Gasteiger partial charge in [-0.3, -0.25) is 0 Å². The quantitative estimate of drug-likeness (QED) is 0.897. The molecule has 1 amide bonds. The van der Waals surface area contributed by atoms with Gasteiger partial charge in [0, 0.05) is 19.1 Å². The molecule has 6 nitrogen and oxygen atoms in total. The molecule has 7 heteroatoms. The summed E-state index contributed by atoms with van der Waals surface area (Å²) in [7, 11) is 0. The van der Waals surface area contributed by atoms with Crippen molar-refractivity contribution in [3.63, 3.8) is 0 Å². The zero-order chi connectivity index (χ0) is 17.0. The van der Waals surface area contributed by atoms with Crippen LogP contribution in [0.3, 0.4) is 0 Å². The highest BCUT2D eigenvalue weighted by molar-refractivity contribution is 6.31. The molecular weight excluding hydrogens is 316 g/mol. The summed E-state index contributed by atoms with van der Waals surface area (Å²) in [6.07, 6.45) is 1.21. The molecule has 1 aliphatic heterocycles. The van der Waals surface area contributed by atoms with Crippen molar-refractivity contribution in [2.45, 2.75) is 45.3 Å². The molecule has 1 N–H and O–H groups in total. The van der Waals surface area contributed by atoms with E-state index in [9.17, 15) is 4.79 Å². The van der Waals surface area contributed by atoms with Gasteiger partial charge in [0.2, 0.25) is 0 Å². The SMILES string of the molecule is CC(C)(C)OC(=O)NC1CCN(c2ccc(Cl)c(C#N)n2)CC1. The summed E-state index contributed by atoms with van der Waals surface area (Å²) in [6, 6.07) is 5.57. The van der Waals surface area contributed by atoms with Crippen LogP contribution in [-0.2, 0) is 4.74 Å². The first-order valence-electron chi connectivity index (χ1n) is 7.59. The van der Waals surface area contributed by atoms with E-state index in [1.165, 1.54) is 0 Å². The molecule has 0 atom stereocenters. The molecule has 124 valence electrons. The third kappa shape index (κ3) is 5.00.